The van der Waals surface area contributed by atoms with E-state index in [4.69, 9.17) is 0 Å². The van der Waals surface area contributed by atoms with E-state index in [0.717, 1.165) is 6.54 Å². The van der Waals surface area contributed by atoms with E-state index in [1.54, 1.807) is 0 Å². The first kappa shape index (κ1) is 8.45. The molecule has 0 aliphatic carbocycles. The van der Waals surface area contributed by atoms with Crippen LogP contribution in [0.5, 0.6) is 0 Å². The molecule has 0 saturated carbocycles. The van der Waals surface area contributed by atoms with Gasteiger partial charge in [0.2, 0.25) is 0 Å². The van der Waals surface area contributed by atoms with Crippen LogP contribution in [0.2, 0.25) is 0 Å². The lowest BCUT2D eigenvalue weighted by molar-refractivity contribution is 0.655. The molecule has 0 bridgehead atoms. The van der Waals surface area contributed by atoms with Crippen molar-refractivity contribution >= 4 is 16.7 Å². The second kappa shape index (κ2) is 2.91. The summed E-state index contributed by atoms with van der Waals surface area (Å²) in [5, 5.41) is 0. The van der Waals surface area contributed by atoms with Gasteiger partial charge in [-0.05, 0) is 43.0 Å². The lowest BCUT2D eigenvalue weighted by atomic mass is 10.2. The topological polar surface area (TPSA) is 9.34 Å². The van der Waals surface area contributed by atoms with E-state index in [1.807, 2.05) is 0 Å². The highest BCUT2D eigenvalue weighted by atomic mass is 15.1. The number of rotatable bonds is 0. The van der Waals surface area contributed by atoms with Crippen LogP contribution in [0.4, 0.5) is 0 Å². The molecule has 0 amide bonds. The van der Waals surface area contributed by atoms with Gasteiger partial charge in [0.05, 0.1) is 11.0 Å². The summed E-state index contributed by atoms with van der Waals surface area (Å²) >= 11 is 0. The molecule has 3 heterocycles. The molecule has 0 spiro atoms. The maximum absolute atomic E-state index is 2.48. The number of aromatic nitrogens is 2. The second-order valence-corrected chi connectivity index (χ2v) is 4.63. The van der Waals surface area contributed by atoms with Crippen molar-refractivity contribution in [1.29, 1.82) is 0 Å². The average molecular weight is 210 g/mol. The highest BCUT2D eigenvalue weighted by Crippen LogP contribution is 2.28. The predicted molar refractivity (Wildman–Crippen MR) is 65.8 cm³/mol. The summed E-state index contributed by atoms with van der Waals surface area (Å²) < 4.78 is 4.83. The molecule has 80 valence electrons. The zero-order valence-corrected chi connectivity index (χ0v) is 9.19. The Kier molecular flexibility index (Phi) is 1.54. The summed E-state index contributed by atoms with van der Waals surface area (Å²) in [4.78, 5) is 0. The summed E-state index contributed by atoms with van der Waals surface area (Å²) in [6.45, 7) is 1.16. The number of aryl methyl sites for hydroxylation is 2. The molecule has 0 atom stereocenters. The molecule has 16 heavy (non-hydrogen) atoms. The summed E-state index contributed by atoms with van der Waals surface area (Å²) in [5.74, 6) is 0. The van der Waals surface area contributed by atoms with Gasteiger partial charge in [-0.3, -0.25) is 0 Å². The number of imidazole rings is 1. The third kappa shape index (κ3) is 0.921. The molecule has 0 radical (unpaired) electrons. The number of hydrogen-bond donors (Lipinski definition) is 0. The molecule has 1 aliphatic heterocycles. The molecule has 3 aromatic rings. The Morgan fingerprint density at radius 3 is 2.75 bits per heavy atom. The lowest BCUT2D eigenvalue weighted by Gasteiger charge is -2.01. The quantitative estimate of drug-likeness (QED) is 0.539. The first-order valence-corrected chi connectivity index (χ1v) is 6.02. The van der Waals surface area contributed by atoms with Crippen molar-refractivity contribution < 1.29 is 0 Å². The van der Waals surface area contributed by atoms with Gasteiger partial charge in [0.25, 0.3) is 0 Å². The number of benzene rings is 1. The minimum absolute atomic E-state index is 1.16. The number of nitrogens with zero attached hydrogens (tertiary/aromatic N) is 2. The highest BCUT2D eigenvalue weighted by Gasteiger charge is 2.15. The molecule has 2 aromatic heterocycles. The SMILES string of the molecule is c1ccc2c(c1)n1c3c(ccn23)CCCC1. The number of fused-ring (bicyclic) bond motifs is 3. The van der Waals surface area contributed by atoms with Gasteiger partial charge in [-0.15, -0.1) is 0 Å². The maximum Gasteiger partial charge on any atom is 0.121 e. The van der Waals surface area contributed by atoms with E-state index in [1.165, 1.54) is 41.5 Å². The fourth-order valence-corrected chi connectivity index (χ4v) is 2.98. The normalized spacial score (nSPS) is 15.8. The Hall–Kier alpha value is -1.70. The van der Waals surface area contributed by atoms with Gasteiger partial charge in [-0.25, -0.2) is 0 Å². The monoisotopic (exact) mass is 210 g/mol. The fourth-order valence-electron chi connectivity index (χ4n) is 2.98. The van der Waals surface area contributed by atoms with Crippen molar-refractivity contribution in [2.24, 2.45) is 0 Å². The van der Waals surface area contributed by atoms with E-state index in [-0.39, 0.29) is 0 Å². The summed E-state index contributed by atoms with van der Waals surface area (Å²) in [5.41, 5.74) is 5.64. The summed E-state index contributed by atoms with van der Waals surface area (Å²) in [6.07, 6.45) is 6.06. The highest BCUT2D eigenvalue weighted by molar-refractivity contribution is 5.83. The van der Waals surface area contributed by atoms with Crippen molar-refractivity contribution in [3.05, 3.63) is 42.1 Å². The second-order valence-electron chi connectivity index (χ2n) is 4.63. The first-order chi connectivity index (χ1) is 7.95. The molecule has 1 aliphatic rings. The zero-order valence-electron chi connectivity index (χ0n) is 9.19. The van der Waals surface area contributed by atoms with Crippen LogP contribution in [0.25, 0.3) is 16.7 Å². The molecule has 0 unspecified atom stereocenters. The first-order valence-electron chi connectivity index (χ1n) is 6.02. The van der Waals surface area contributed by atoms with Crippen LogP contribution in [-0.2, 0) is 13.0 Å². The van der Waals surface area contributed by atoms with E-state index in [9.17, 15) is 0 Å². The standard InChI is InChI=1S/C14H14N2/c1-2-7-13-12(6-1)15-9-4-3-5-11-8-10-16(13)14(11)15/h1-2,6-8,10H,3-5,9H2. The Labute approximate surface area is 94.1 Å². The minimum atomic E-state index is 1.16. The summed E-state index contributed by atoms with van der Waals surface area (Å²) in [6, 6.07) is 11.0. The molecule has 1 aromatic carbocycles. The van der Waals surface area contributed by atoms with Crippen molar-refractivity contribution in [2.75, 3.05) is 0 Å². The van der Waals surface area contributed by atoms with Gasteiger partial charge >= 0.3 is 0 Å². The Bertz CT molecular complexity index is 672. The van der Waals surface area contributed by atoms with Crippen LogP contribution >= 0.6 is 0 Å². The zero-order chi connectivity index (χ0) is 10.5. The van der Waals surface area contributed by atoms with Crippen LogP contribution in [-0.4, -0.2) is 8.97 Å². The summed E-state index contributed by atoms with van der Waals surface area (Å²) in [7, 11) is 0. The lowest BCUT2D eigenvalue weighted by Crippen LogP contribution is -1.95. The van der Waals surface area contributed by atoms with Gasteiger partial charge in [-0.2, -0.15) is 0 Å². The molecule has 4 rings (SSSR count). The number of para-hydroxylation sites is 2. The molecule has 0 fully saturated rings. The van der Waals surface area contributed by atoms with Crippen LogP contribution in [0.3, 0.4) is 0 Å². The van der Waals surface area contributed by atoms with Crippen LogP contribution in [0.15, 0.2) is 36.5 Å². The molecular weight excluding hydrogens is 196 g/mol. The third-order valence-electron chi connectivity index (χ3n) is 3.71. The molecule has 0 saturated heterocycles. The van der Waals surface area contributed by atoms with E-state index < -0.39 is 0 Å². The Morgan fingerprint density at radius 1 is 0.938 bits per heavy atom. The smallest absolute Gasteiger partial charge is 0.121 e. The van der Waals surface area contributed by atoms with Gasteiger partial charge in [0.15, 0.2) is 0 Å². The van der Waals surface area contributed by atoms with Crippen molar-refractivity contribution in [1.82, 2.24) is 8.97 Å². The molecular formula is C14H14N2. The molecule has 2 heteroatoms. The maximum atomic E-state index is 2.48. The molecule has 2 nitrogen and oxygen atoms in total. The van der Waals surface area contributed by atoms with E-state index in [2.05, 4.69) is 45.5 Å². The van der Waals surface area contributed by atoms with Gasteiger partial charge in [0.1, 0.15) is 5.65 Å². The predicted octanol–water partition coefficient (Wildman–Crippen LogP) is 3.23. The Morgan fingerprint density at radius 2 is 1.81 bits per heavy atom. The van der Waals surface area contributed by atoms with E-state index in [0.29, 0.717) is 0 Å². The van der Waals surface area contributed by atoms with Crippen LogP contribution < -0.4 is 0 Å². The van der Waals surface area contributed by atoms with Crippen molar-refractivity contribution in [3.8, 4) is 0 Å². The fraction of sp³-hybridized carbons (Fsp3) is 0.286. The van der Waals surface area contributed by atoms with Gasteiger partial charge in [-0.1, -0.05) is 12.1 Å². The number of hydrogen-bond acceptors (Lipinski definition) is 0. The van der Waals surface area contributed by atoms with Crippen molar-refractivity contribution in [2.45, 2.75) is 25.8 Å². The Balaban J connectivity index is 2.27. The van der Waals surface area contributed by atoms with E-state index >= 15 is 0 Å². The van der Waals surface area contributed by atoms with Crippen LogP contribution in [0.1, 0.15) is 18.4 Å². The third-order valence-corrected chi connectivity index (χ3v) is 3.71. The minimum Gasteiger partial charge on any atom is -0.325 e. The van der Waals surface area contributed by atoms with Gasteiger partial charge < -0.3 is 8.97 Å². The van der Waals surface area contributed by atoms with Crippen molar-refractivity contribution in [3.63, 3.8) is 0 Å². The molecule has 0 N–H and O–H groups in total. The largest absolute Gasteiger partial charge is 0.325 e. The van der Waals surface area contributed by atoms with Gasteiger partial charge in [0, 0.05) is 12.7 Å². The van der Waals surface area contributed by atoms with Crippen LogP contribution in [0, 0.1) is 0 Å². The average Bonchev–Trinajstić information content (AvgIpc) is 2.77.